The molecule has 4 nitrogen and oxygen atoms in total. The molecule has 2 aromatic carbocycles. The van der Waals surface area contributed by atoms with Gasteiger partial charge in [-0.25, -0.2) is 0 Å². The van der Waals surface area contributed by atoms with Gasteiger partial charge in [0.15, 0.2) is 0 Å². The van der Waals surface area contributed by atoms with Crippen molar-refractivity contribution in [1.29, 1.82) is 0 Å². The van der Waals surface area contributed by atoms with E-state index in [2.05, 4.69) is 36.2 Å². The largest absolute Gasteiger partial charge is 0.399 e. The molecular weight excluding hydrogens is 357 g/mol. The molecular formula is C19H27Cl2N3O. The predicted octanol–water partition coefficient (Wildman–Crippen LogP) is 3.99. The summed E-state index contributed by atoms with van der Waals surface area (Å²) in [5, 5.41) is 2.98. The molecule has 0 unspecified atom stereocenters. The Labute approximate surface area is 162 Å². The van der Waals surface area contributed by atoms with E-state index < -0.39 is 0 Å². The number of hydrogen-bond donors (Lipinski definition) is 2. The number of nitrogens with two attached hydrogens (primary N) is 1. The van der Waals surface area contributed by atoms with Crippen LogP contribution in [0.4, 0.5) is 11.4 Å². The van der Waals surface area contributed by atoms with Gasteiger partial charge in [0.05, 0.1) is 0 Å². The van der Waals surface area contributed by atoms with E-state index in [9.17, 15) is 4.79 Å². The number of likely N-dealkylation sites (N-methyl/N-ethyl adjacent to an activating group) is 1. The van der Waals surface area contributed by atoms with Gasteiger partial charge in [0.2, 0.25) is 0 Å². The molecule has 0 aromatic heterocycles. The first-order valence-corrected chi connectivity index (χ1v) is 7.97. The normalized spacial score (nSPS) is 9.56. The van der Waals surface area contributed by atoms with Crippen molar-refractivity contribution in [2.75, 3.05) is 30.3 Å². The lowest BCUT2D eigenvalue weighted by atomic mass is 10.1. The van der Waals surface area contributed by atoms with E-state index in [-0.39, 0.29) is 30.7 Å². The number of benzene rings is 2. The summed E-state index contributed by atoms with van der Waals surface area (Å²) in [6.45, 7) is 8.41. The van der Waals surface area contributed by atoms with Gasteiger partial charge in [-0.15, -0.1) is 24.8 Å². The summed E-state index contributed by atoms with van der Waals surface area (Å²) in [5.41, 5.74) is 10.4. The Morgan fingerprint density at radius 1 is 1.08 bits per heavy atom. The van der Waals surface area contributed by atoms with Crippen LogP contribution in [0, 0.1) is 13.8 Å². The number of carbonyl (C=O) groups excluding carboxylic acids is 1. The smallest absolute Gasteiger partial charge is 0.251 e. The first-order valence-electron chi connectivity index (χ1n) is 7.97. The summed E-state index contributed by atoms with van der Waals surface area (Å²) >= 11 is 0. The average Bonchev–Trinajstić information content (AvgIpc) is 2.54. The molecule has 0 aliphatic heterocycles. The first kappa shape index (κ1) is 23.1. The van der Waals surface area contributed by atoms with Gasteiger partial charge in [0.1, 0.15) is 0 Å². The maximum Gasteiger partial charge on any atom is 0.251 e. The molecule has 0 atom stereocenters. The zero-order valence-electron chi connectivity index (χ0n) is 14.9. The number of halogens is 2. The lowest BCUT2D eigenvalue weighted by Gasteiger charge is -2.25. The zero-order chi connectivity index (χ0) is 16.8. The Balaban J connectivity index is 0.00000288. The topological polar surface area (TPSA) is 58.4 Å². The highest BCUT2D eigenvalue weighted by molar-refractivity contribution is 5.96. The van der Waals surface area contributed by atoms with Crippen molar-refractivity contribution in [3.63, 3.8) is 0 Å². The highest BCUT2D eigenvalue weighted by atomic mass is 35.5. The third-order valence-corrected chi connectivity index (χ3v) is 4.01. The predicted molar refractivity (Wildman–Crippen MR) is 111 cm³/mol. The number of para-hydroxylation sites is 1. The second-order valence-corrected chi connectivity index (χ2v) is 5.70. The Hall–Kier alpha value is -1.91. The molecule has 0 bridgehead atoms. The minimum atomic E-state index is -0.0735. The van der Waals surface area contributed by atoms with Gasteiger partial charge in [-0.05, 0) is 50.1 Å². The molecule has 2 rings (SSSR count). The van der Waals surface area contributed by atoms with Crippen LogP contribution in [0.5, 0.6) is 0 Å². The van der Waals surface area contributed by atoms with Crippen LogP contribution in [-0.2, 0) is 0 Å². The molecule has 0 saturated heterocycles. The van der Waals surface area contributed by atoms with E-state index in [1.165, 1.54) is 11.3 Å². The van der Waals surface area contributed by atoms with Crippen LogP contribution in [0.1, 0.15) is 28.4 Å². The molecule has 0 spiro atoms. The average molecular weight is 384 g/mol. The monoisotopic (exact) mass is 383 g/mol. The van der Waals surface area contributed by atoms with Crippen molar-refractivity contribution in [2.24, 2.45) is 0 Å². The molecule has 1 amide bonds. The Kier molecular flexibility index (Phi) is 10.0. The highest BCUT2D eigenvalue weighted by Crippen LogP contribution is 2.18. The third-order valence-electron chi connectivity index (χ3n) is 4.01. The Morgan fingerprint density at radius 2 is 1.76 bits per heavy atom. The van der Waals surface area contributed by atoms with Gasteiger partial charge in [-0.2, -0.15) is 0 Å². The van der Waals surface area contributed by atoms with Crippen molar-refractivity contribution >= 4 is 42.1 Å². The van der Waals surface area contributed by atoms with Crippen LogP contribution in [-0.4, -0.2) is 25.5 Å². The fraction of sp³-hybridized carbons (Fsp3) is 0.316. The molecule has 2 aromatic rings. The summed E-state index contributed by atoms with van der Waals surface area (Å²) in [6.07, 6.45) is 0. The van der Waals surface area contributed by atoms with Gasteiger partial charge in [0.25, 0.3) is 5.91 Å². The number of aryl methyl sites for hydroxylation is 2. The number of amides is 1. The quantitative estimate of drug-likeness (QED) is 0.741. The molecule has 25 heavy (non-hydrogen) atoms. The van der Waals surface area contributed by atoms with Gasteiger partial charge >= 0.3 is 0 Å². The van der Waals surface area contributed by atoms with Gasteiger partial charge in [-0.3, -0.25) is 4.79 Å². The lowest BCUT2D eigenvalue weighted by molar-refractivity contribution is 0.0954. The van der Waals surface area contributed by atoms with E-state index in [1.54, 1.807) is 6.07 Å². The Morgan fingerprint density at radius 3 is 2.40 bits per heavy atom. The van der Waals surface area contributed by atoms with E-state index >= 15 is 0 Å². The van der Waals surface area contributed by atoms with Crippen LogP contribution in [0.3, 0.4) is 0 Å². The molecule has 138 valence electrons. The second kappa shape index (κ2) is 10.9. The van der Waals surface area contributed by atoms with Crippen molar-refractivity contribution in [3.8, 4) is 0 Å². The summed E-state index contributed by atoms with van der Waals surface area (Å²) in [7, 11) is 0. The molecule has 0 saturated carbocycles. The van der Waals surface area contributed by atoms with Gasteiger partial charge in [-0.1, -0.05) is 24.3 Å². The SMILES string of the molecule is CCN(CCNC(=O)c1cc(N)ccc1C)c1ccccc1C.Cl.Cl. The number of nitrogen functional groups attached to an aromatic ring is 1. The van der Waals surface area contributed by atoms with Gasteiger partial charge < -0.3 is 16.0 Å². The minimum Gasteiger partial charge on any atom is -0.399 e. The number of nitrogens with zero attached hydrogens (tertiary/aromatic N) is 1. The summed E-state index contributed by atoms with van der Waals surface area (Å²) < 4.78 is 0. The second-order valence-electron chi connectivity index (χ2n) is 5.70. The van der Waals surface area contributed by atoms with Gasteiger partial charge in [0, 0.05) is 36.6 Å². The number of rotatable bonds is 6. The van der Waals surface area contributed by atoms with Crippen LogP contribution in [0.25, 0.3) is 0 Å². The molecule has 6 heteroatoms. The van der Waals surface area contributed by atoms with E-state index in [4.69, 9.17) is 5.73 Å². The third kappa shape index (κ3) is 6.15. The zero-order valence-corrected chi connectivity index (χ0v) is 16.5. The van der Waals surface area contributed by atoms with Crippen LogP contribution in [0.2, 0.25) is 0 Å². The van der Waals surface area contributed by atoms with E-state index in [0.717, 1.165) is 18.7 Å². The fourth-order valence-electron chi connectivity index (χ4n) is 2.65. The number of nitrogens with one attached hydrogen (secondary N) is 1. The molecule has 0 aliphatic rings. The maximum absolute atomic E-state index is 12.3. The maximum atomic E-state index is 12.3. The molecule has 3 N–H and O–H groups in total. The minimum absolute atomic E-state index is 0. The van der Waals surface area contributed by atoms with Crippen LogP contribution in [0.15, 0.2) is 42.5 Å². The van der Waals surface area contributed by atoms with E-state index in [0.29, 0.717) is 17.8 Å². The fourth-order valence-corrected chi connectivity index (χ4v) is 2.65. The van der Waals surface area contributed by atoms with Crippen molar-refractivity contribution in [2.45, 2.75) is 20.8 Å². The molecule has 0 fully saturated rings. The Bertz CT molecular complexity index is 692. The number of anilines is 2. The van der Waals surface area contributed by atoms with Crippen molar-refractivity contribution in [1.82, 2.24) is 5.32 Å². The molecule has 0 heterocycles. The first-order chi connectivity index (χ1) is 11.0. The lowest BCUT2D eigenvalue weighted by Crippen LogP contribution is -2.35. The summed E-state index contributed by atoms with van der Waals surface area (Å²) in [4.78, 5) is 14.6. The standard InChI is InChI=1S/C19H25N3O.2ClH/c1-4-22(18-8-6-5-7-15(18)3)12-11-21-19(23)17-13-16(20)10-9-14(17)2;;/h5-10,13H,4,11-12,20H2,1-3H3,(H,21,23);2*1H. The van der Waals surface area contributed by atoms with Crippen molar-refractivity contribution in [3.05, 3.63) is 59.2 Å². The van der Waals surface area contributed by atoms with Crippen LogP contribution < -0.4 is 16.0 Å². The summed E-state index contributed by atoms with van der Waals surface area (Å²) in [5.74, 6) is -0.0735. The van der Waals surface area contributed by atoms with Crippen molar-refractivity contribution < 1.29 is 4.79 Å². The number of hydrogen-bond acceptors (Lipinski definition) is 3. The molecule has 0 radical (unpaired) electrons. The van der Waals surface area contributed by atoms with E-state index in [1.807, 2.05) is 31.2 Å². The number of carbonyl (C=O) groups is 1. The highest BCUT2D eigenvalue weighted by Gasteiger charge is 2.11. The summed E-state index contributed by atoms with van der Waals surface area (Å²) in [6, 6.07) is 13.7. The molecule has 0 aliphatic carbocycles. The van der Waals surface area contributed by atoms with Crippen LogP contribution >= 0.6 is 24.8 Å².